The van der Waals surface area contributed by atoms with Crippen molar-refractivity contribution >= 4 is 21.6 Å². The fourth-order valence-electron chi connectivity index (χ4n) is 1.58. The number of oxime groups is 1. The number of ether oxygens (including phenoxy) is 1. The zero-order valence-electron chi connectivity index (χ0n) is 10.1. The van der Waals surface area contributed by atoms with E-state index in [9.17, 15) is 0 Å². The number of pyridine rings is 1. The number of hydrogen-bond donors (Lipinski definition) is 0. The standard InChI is InChI=1S/C11H12BrN5O2/c12-8-1-2-10(14-6-8)11-5-9(19-16-11)7-18-4-3-15-17-13/h1-2,6,9H,3-5,7H2/t9-/m0/s1. The topological polar surface area (TPSA) is 92.5 Å². The van der Waals surface area contributed by atoms with E-state index < -0.39 is 0 Å². The molecule has 0 fully saturated rings. The second-order valence-electron chi connectivity index (χ2n) is 3.86. The molecule has 0 aromatic carbocycles. The van der Waals surface area contributed by atoms with Crippen LogP contribution < -0.4 is 0 Å². The van der Waals surface area contributed by atoms with Gasteiger partial charge in [0.25, 0.3) is 0 Å². The minimum atomic E-state index is -0.105. The van der Waals surface area contributed by atoms with Crippen LogP contribution in [-0.4, -0.2) is 36.6 Å². The van der Waals surface area contributed by atoms with Crippen molar-refractivity contribution in [2.24, 2.45) is 10.3 Å². The van der Waals surface area contributed by atoms with E-state index in [1.54, 1.807) is 6.20 Å². The van der Waals surface area contributed by atoms with Gasteiger partial charge in [-0.2, -0.15) is 0 Å². The normalized spacial score (nSPS) is 17.5. The SMILES string of the molecule is [N-]=[N+]=NCCOC[C@@H]1CC(c2ccc(Br)cn2)=NO1. The number of rotatable bonds is 6. The monoisotopic (exact) mass is 325 g/mol. The molecule has 0 bridgehead atoms. The van der Waals surface area contributed by atoms with Gasteiger partial charge in [-0.3, -0.25) is 4.98 Å². The Morgan fingerprint density at radius 1 is 1.58 bits per heavy atom. The van der Waals surface area contributed by atoms with Crippen molar-refractivity contribution < 1.29 is 9.57 Å². The van der Waals surface area contributed by atoms with Gasteiger partial charge in [-0.25, -0.2) is 0 Å². The number of hydrogen-bond acceptors (Lipinski definition) is 5. The van der Waals surface area contributed by atoms with Crippen molar-refractivity contribution in [2.75, 3.05) is 19.8 Å². The van der Waals surface area contributed by atoms with Crippen molar-refractivity contribution in [1.29, 1.82) is 0 Å². The molecule has 0 N–H and O–H groups in total. The molecular formula is C11H12BrN5O2. The second kappa shape index (κ2) is 7.08. The van der Waals surface area contributed by atoms with E-state index in [1.807, 2.05) is 12.1 Å². The molecule has 8 heteroatoms. The highest BCUT2D eigenvalue weighted by atomic mass is 79.9. The van der Waals surface area contributed by atoms with Gasteiger partial charge in [0.15, 0.2) is 6.10 Å². The van der Waals surface area contributed by atoms with E-state index in [4.69, 9.17) is 15.1 Å². The molecule has 0 saturated carbocycles. The number of halogens is 1. The first kappa shape index (κ1) is 13.8. The summed E-state index contributed by atoms with van der Waals surface area (Å²) in [6.45, 7) is 1.13. The minimum absolute atomic E-state index is 0.105. The Kier molecular flexibility index (Phi) is 5.14. The average molecular weight is 326 g/mol. The third-order valence-corrected chi connectivity index (χ3v) is 2.93. The highest BCUT2D eigenvalue weighted by molar-refractivity contribution is 9.10. The van der Waals surface area contributed by atoms with E-state index in [0.717, 1.165) is 15.9 Å². The van der Waals surface area contributed by atoms with E-state index >= 15 is 0 Å². The molecule has 0 saturated heterocycles. The maximum Gasteiger partial charge on any atom is 0.156 e. The summed E-state index contributed by atoms with van der Waals surface area (Å²) >= 11 is 3.33. The molecule has 0 aliphatic carbocycles. The molecular weight excluding hydrogens is 314 g/mol. The Morgan fingerprint density at radius 2 is 2.47 bits per heavy atom. The highest BCUT2D eigenvalue weighted by Gasteiger charge is 2.22. The summed E-state index contributed by atoms with van der Waals surface area (Å²) in [5, 5.41) is 7.39. The maximum atomic E-state index is 8.11. The van der Waals surface area contributed by atoms with Gasteiger partial charge in [-0.05, 0) is 33.6 Å². The van der Waals surface area contributed by atoms with Gasteiger partial charge >= 0.3 is 0 Å². The summed E-state index contributed by atoms with van der Waals surface area (Å²) < 4.78 is 6.26. The van der Waals surface area contributed by atoms with Gasteiger partial charge in [0, 0.05) is 28.5 Å². The second-order valence-corrected chi connectivity index (χ2v) is 4.78. The minimum Gasteiger partial charge on any atom is -0.389 e. The lowest BCUT2D eigenvalue weighted by Gasteiger charge is -2.07. The van der Waals surface area contributed by atoms with Crippen LogP contribution in [0.5, 0.6) is 0 Å². The summed E-state index contributed by atoms with van der Waals surface area (Å²) in [6, 6.07) is 3.80. The molecule has 0 unspecified atom stereocenters. The van der Waals surface area contributed by atoms with Crippen molar-refractivity contribution in [1.82, 2.24) is 4.98 Å². The fraction of sp³-hybridized carbons (Fsp3) is 0.455. The third-order valence-electron chi connectivity index (χ3n) is 2.46. The molecule has 1 atom stereocenters. The molecule has 2 heterocycles. The predicted octanol–water partition coefficient (Wildman–Crippen LogP) is 2.66. The Balaban J connectivity index is 1.76. The van der Waals surface area contributed by atoms with Gasteiger partial charge in [-0.15, -0.1) is 0 Å². The fourth-order valence-corrected chi connectivity index (χ4v) is 1.81. The van der Waals surface area contributed by atoms with Gasteiger partial charge < -0.3 is 9.57 Å². The van der Waals surface area contributed by atoms with Crippen molar-refractivity contribution in [3.8, 4) is 0 Å². The summed E-state index contributed by atoms with van der Waals surface area (Å²) in [5.74, 6) is 0. The summed E-state index contributed by atoms with van der Waals surface area (Å²) in [5.41, 5.74) is 9.73. The molecule has 2 rings (SSSR count). The van der Waals surface area contributed by atoms with Crippen LogP contribution in [0.25, 0.3) is 10.4 Å². The lowest BCUT2D eigenvalue weighted by molar-refractivity contribution is 0.00521. The Bertz CT molecular complexity index is 498. The number of azide groups is 1. The lowest BCUT2D eigenvalue weighted by Crippen LogP contribution is -2.17. The zero-order valence-corrected chi connectivity index (χ0v) is 11.7. The summed E-state index contributed by atoms with van der Waals surface area (Å²) in [4.78, 5) is 12.2. The Hall–Kier alpha value is -1.63. The molecule has 7 nitrogen and oxygen atoms in total. The number of nitrogens with zero attached hydrogens (tertiary/aromatic N) is 5. The molecule has 0 amide bonds. The van der Waals surface area contributed by atoms with Gasteiger partial charge in [0.05, 0.1) is 18.9 Å². The molecule has 19 heavy (non-hydrogen) atoms. The Morgan fingerprint density at radius 3 is 3.21 bits per heavy atom. The molecule has 100 valence electrons. The van der Waals surface area contributed by atoms with Crippen molar-refractivity contribution in [2.45, 2.75) is 12.5 Å². The van der Waals surface area contributed by atoms with E-state index in [-0.39, 0.29) is 6.10 Å². The predicted molar refractivity (Wildman–Crippen MR) is 72.8 cm³/mol. The number of aromatic nitrogens is 1. The van der Waals surface area contributed by atoms with Gasteiger partial charge in [0.1, 0.15) is 5.71 Å². The van der Waals surface area contributed by atoms with E-state index in [1.165, 1.54) is 0 Å². The molecule has 1 aromatic heterocycles. The van der Waals surface area contributed by atoms with E-state index in [0.29, 0.717) is 26.2 Å². The summed E-state index contributed by atoms with van der Waals surface area (Å²) in [6.07, 6.45) is 2.28. The van der Waals surface area contributed by atoms with Gasteiger partial charge in [0.2, 0.25) is 0 Å². The molecule has 1 aromatic rings. The van der Waals surface area contributed by atoms with Crippen LogP contribution in [0.4, 0.5) is 0 Å². The Labute approximate surface area is 118 Å². The van der Waals surface area contributed by atoms with E-state index in [2.05, 4.69) is 36.1 Å². The van der Waals surface area contributed by atoms with Crippen LogP contribution in [0.3, 0.4) is 0 Å². The van der Waals surface area contributed by atoms with Crippen LogP contribution in [0.2, 0.25) is 0 Å². The average Bonchev–Trinajstić information content (AvgIpc) is 2.88. The first-order valence-electron chi connectivity index (χ1n) is 5.73. The van der Waals surface area contributed by atoms with Crippen LogP contribution in [0.1, 0.15) is 12.1 Å². The first-order chi connectivity index (χ1) is 9.29. The van der Waals surface area contributed by atoms with Crippen molar-refractivity contribution in [3.63, 3.8) is 0 Å². The molecule has 1 aliphatic heterocycles. The third kappa shape index (κ3) is 4.20. The van der Waals surface area contributed by atoms with Crippen LogP contribution >= 0.6 is 15.9 Å². The molecule has 1 aliphatic rings. The van der Waals surface area contributed by atoms with Crippen LogP contribution in [0, 0.1) is 0 Å². The van der Waals surface area contributed by atoms with Crippen LogP contribution in [0.15, 0.2) is 33.1 Å². The zero-order chi connectivity index (χ0) is 13.5. The molecule has 0 spiro atoms. The lowest BCUT2D eigenvalue weighted by atomic mass is 10.1. The van der Waals surface area contributed by atoms with Gasteiger partial charge in [-0.1, -0.05) is 10.3 Å². The smallest absolute Gasteiger partial charge is 0.156 e. The van der Waals surface area contributed by atoms with Crippen molar-refractivity contribution in [3.05, 3.63) is 38.9 Å². The maximum absolute atomic E-state index is 8.11. The quantitative estimate of drug-likeness (QED) is 0.348. The largest absolute Gasteiger partial charge is 0.389 e. The van der Waals surface area contributed by atoms with Crippen LogP contribution in [-0.2, 0) is 9.57 Å². The summed E-state index contributed by atoms with van der Waals surface area (Å²) in [7, 11) is 0. The first-order valence-corrected chi connectivity index (χ1v) is 6.52. The highest BCUT2D eigenvalue weighted by Crippen LogP contribution is 2.17. The molecule has 0 radical (unpaired) electrons.